The molecule has 0 aromatic heterocycles. The third kappa shape index (κ3) is 4.70. The Morgan fingerprint density at radius 2 is 1.57 bits per heavy atom. The van der Waals surface area contributed by atoms with Crippen molar-refractivity contribution >= 4 is 23.2 Å². The van der Waals surface area contributed by atoms with Crippen molar-refractivity contribution in [3.63, 3.8) is 0 Å². The monoisotopic (exact) mass is 307 g/mol. The van der Waals surface area contributed by atoms with Crippen LogP contribution in [0.5, 0.6) is 0 Å². The van der Waals surface area contributed by atoms with E-state index in [4.69, 9.17) is 18.0 Å². The molecule has 0 bridgehead atoms. The average molecular weight is 307 g/mol. The van der Waals surface area contributed by atoms with Gasteiger partial charge < -0.3 is 5.73 Å². The highest BCUT2D eigenvalue weighted by molar-refractivity contribution is 7.80. The maximum absolute atomic E-state index is 12.3. The van der Waals surface area contributed by atoms with Crippen LogP contribution in [0.1, 0.15) is 57.5 Å². The van der Waals surface area contributed by atoms with Crippen LogP contribution in [-0.2, 0) is 5.41 Å². The van der Waals surface area contributed by atoms with E-state index in [-0.39, 0.29) is 22.0 Å². The number of carbonyl (C=O) groups excluding carboxylic acids is 1. The molecule has 0 fully saturated rings. The molecule has 1 amide bonds. The number of hydrazine groups is 1. The number of amides is 1. The summed E-state index contributed by atoms with van der Waals surface area (Å²) in [6, 6.07) is 7.57. The summed E-state index contributed by atoms with van der Waals surface area (Å²) in [4.78, 5) is 12.3. The van der Waals surface area contributed by atoms with Gasteiger partial charge in [0.15, 0.2) is 5.11 Å². The summed E-state index contributed by atoms with van der Waals surface area (Å²) >= 11 is 4.99. The summed E-state index contributed by atoms with van der Waals surface area (Å²) in [6.45, 7) is 12.2. The summed E-state index contributed by atoms with van der Waals surface area (Å²) in [5.74, 6) is -0.224. The van der Waals surface area contributed by atoms with Gasteiger partial charge >= 0.3 is 0 Å². The molecular weight excluding hydrogens is 282 g/mol. The molecule has 1 rings (SSSR count). The van der Waals surface area contributed by atoms with Crippen molar-refractivity contribution in [2.24, 2.45) is 5.73 Å². The summed E-state index contributed by atoms with van der Waals surface area (Å²) < 4.78 is 0. The number of carbonyl (C=O) groups is 1. The lowest BCUT2D eigenvalue weighted by Crippen LogP contribution is -2.57. The van der Waals surface area contributed by atoms with E-state index in [1.165, 1.54) is 10.6 Å². The first-order valence-electron chi connectivity index (χ1n) is 6.94. The highest BCUT2D eigenvalue weighted by Crippen LogP contribution is 2.22. The molecule has 0 aliphatic heterocycles. The molecule has 3 N–H and O–H groups in total. The Morgan fingerprint density at radius 3 is 1.90 bits per heavy atom. The molecule has 0 aliphatic rings. The van der Waals surface area contributed by atoms with Crippen LogP contribution in [0.4, 0.5) is 0 Å². The number of rotatable bonds is 1. The zero-order valence-corrected chi connectivity index (χ0v) is 14.5. The molecule has 5 heteroatoms. The van der Waals surface area contributed by atoms with Gasteiger partial charge in [0.05, 0.1) is 5.54 Å². The second kappa shape index (κ2) is 6.02. The molecule has 4 nitrogen and oxygen atoms in total. The molecule has 0 saturated carbocycles. The minimum absolute atomic E-state index is 0.0608. The molecule has 1 aromatic rings. The van der Waals surface area contributed by atoms with E-state index in [1.54, 1.807) is 0 Å². The first-order chi connectivity index (χ1) is 9.43. The van der Waals surface area contributed by atoms with Gasteiger partial charge in [-0.25, -0.2) is 0 Å². The number of nitrogens with two attached hydrogens (primary N) is 1. The molecule has 0 aliphatic carbocycles. The van der Waals surface area contributed by atoms with Crippen molar-refractivity contribution in [2.75, 3.05) is 0 Å². The Labute approximate surface area is 132 Å². The summed E-state index contributed by atoms with van der Waals surface area (Å²) in [5, 5.41) is 1.64. The Bertz CT molecular complexity index is 524. The lowest BCUT2D eigenvalue weighted by Gasteiger charge is -2.35. The molecule has 0 unspecified atom stereocenters. The molecule has 116 valence electrons. The highest BCUT2D eigenvalue weighted by atomic mass is 32.1. The lowest BCUT2D eigenvalue weighted by atomic mass is 9.87. The molecule has 21 heavy (non-hydrogen) atoms. The van der Waals surface area contributed by atoms with Crippen molar-refractivity contribution in [1.29, 1.82) is 0 Å². The van der Waals surface area contributed by atoms with E-state index in [0.717, 1.165) is 0 Å². The second-order valence-electron chi connectivity index (χ2n) is 7.11. The van der Waals surface area contributed by atoms with E-state index in [0.29, 0.717) is 5.56 Å². The normalized spacial score (nSPS) is 11.9. The van der Waals surface area contributed by atoms with E-state index in [9.17, 15) is 4.79 Å². The fourth-order valence-electron chi connectivity index (χ4n) is 1.84. The third-order valence-electron chi connectivity index (χ3n) is 3.12. The zero-order chi connectivity index (χ0) is 16.4. The van der Waals surface area contributed by atoms with Crippen LogP contribution in [0, 0.1) is 0 Å². The van der Waals surface area contributed by atoms with Crippen LogP contribution < -0.4 is 11.2 Å². The predicted octanol–water partition coefficient (Wildman–Crippen LogP) is 2.97. The molecule has 0 heterocycles. The fraction of sp³-hybridized carbons (Fsp3) is 0.500. The number of benzene rings is 1. The van der Waals surface area contributed by atoms with Crippen LogP contribution in [0.25, 0.3) is 0 Å². The van der Waals surface area contributed by atoms with Crippen LogP contribution in [0.3, 0.4) is 0 Å². The number of nitrogens with one attached hydrogen (secondary N) is 1. The average Bonchev–Trinajstić information content (AvgIpc) is 2.33. The van der Waals surface area contributed by atoms with E-state index in [1.807, 2.05) is 45.0 Å². The standard InChI is InChI=1S/C16H25N3OS/c1-15(2,3)12-9-7-11(8-10-12)13(20)18-19(14(17)21)16(4,5)6/h7-10H,1-6H3,(H2,17,21)(H,18,20). The van der Waals surface area contributed by atoms with Gasteiger partial charge in [0.2, 0.25) is 0 Å². The van der Waals surface area contributed by atoms with Crippen molar-refractivity contribution in [2.45, 2.75) is 52.5 Å². The Balaban J connectivity index is 2.92. The van der Waals surface area contributed by atoms with E-state index in [2.05, 4.69) is 26.2 Å². The van der Waals surface area contributed by atoms with Gasteiger partial charge in [-0.1, -0.05) is 32.9 Å². The minimum atomic E-state index is -0.382. The van der Waals surface area contributed by atoms with E-state index >= 15 is 0 Å². The second-order valence-corrected chi connectivity index (χ2v) is 7.53. The smallest absolute Gasteiger partial charge is 0.269 e. The molecule has 1 aromatic carbocycles. The fourth-order valence-corrected chi connectivity index (χ4v) is 2.16. The quantitative estimate of drug-likeness (QED) is 0.618. The van der Waals surface area contributed by atoms with Crippen molar-refractivity contribution in [3.8, 4) is 0 Å². The maximum atomic E-state index is 12.3. The summed E-state index contributed by atoms with van der Waals surface area (Å²) in [5.41, 5.74) is 9.87. The maximum Gasteiger partial charge on any atom is 0.269 e. The molecular formula is C16H25N3OS. The minimum Gasteiger partial charge on any atom is -0.375 e. The van der Waals surface area contributed by atoms with Crippen LogP contribution in [0.2, 0.25) is 0 Å². The number of thiocarbonyl (C=S) groups is 1. The topological polar surface area (TPSA) is 58.4 Å². The van der Waals surface area contributed by atoms with Gasteiger partial charge in [0, 0.05) is 5.56 Å². The molecule has 0 spiro atoms. The molecule has 0 saturated heterocycles. The van der Waals surface area contributed by atoms with Gasteiger partial charge in [-0.05, 0) is 56.1 Å². The van der Waals surface area contributed by atoms with E-state index < -0.39 is 0 Å². The lowest BCUT2D eigenvalue weighted by molar-refractivity contribution is 0.0776. The summed E-state index contributed by atoms with van der Waals surface area (Å²) in [7, 11) is 0. The third-order valence-corrected chi connectivity index (χ3v) is 3.30. The first-order valence-corrected chi connectivity index (χ1v) is 7.35. The van der Waals surface area contributed by atoms with Gasteiger partial charge in [0.25, 0.3) is 5.91 Å². The van der Waals surface area contributed by atoms with Crippen molar-refractivity contribution in [1.82, 2.24) is 10.4 Å². The largest absolute Gasteiger partial charge is 0.375 e. The molecule has 0 atom stereocenters. The molecule has 0 radical (unpaired) electrons. The van der Waals surface area contributed by atoms with Crippen LogP contribution in [0.15, 0.2) is 24.3 Å². The Hall–Kier alpha value is -1.62. The highest BCUT2D eigenvalue weighted by Gasteiger charge is 2.25. The zero-order valence-electron chi connectivity index (χ0n) is 13.7. The number of hydrogen-bond donors (Lipinski definition) is 2. The van der Waals surface area contributed by atoms with Crippen molar-refractivity contribution < 1.29 is 4.79 Å². The van der Waals surface area contributed by atoms with Gasteiger partial charge in [-0.3, -0.25) is 15.2 Å². The number of hydrogen-bond acceptors (Lipinski definition) is 2. The predicted molar refractivity (Wildman–Crippen MR) is 91.0 cm³/mol. The van der Waals surface area contributed by atoms with Gasteiger partial charge in [-0.2, -0.15) is 0 Å². The number of nitrogens with zero attached hydrogens (tertiary/aromatic N) is 1. The summed E-state index contributed by atoms with van der Waals surface area (Å²) in [6.07, 6.45) is 0. The first kappa shape index (κ1) is 17.4. The van der Waals surface area contributed by atoms with Crippen LogP contribution in [-0.4, -0.2) is 21.6 Å². The van der Waals surface area contributed by atoms with Gasteiger partial charge in [-0.15, -0.1) is 0 Å². The van der Waals surface area contributed by atoms with Crippen molar-refractivity contribution in [3.05, 3.63) is 35.4 Å². The van der Waals surface area contributed by atoms with Crippen LogP contribution >= 0.6 is 12.2 Å². The SMILES string of the molecule is CC(C)(C)c1ccc(C(=O)NN(C(N)=S)C(C)(C)C)cc1. The Kier molecular flexibility index (Phi) is 4.99. The van der Waals surface area contributed by atoms with Gasteiger partial charge in [0.1, 0.15) is 0 Å². The Morgan fingerprint density at radius 1 is 1.10 bits per heavy atom.